The summed E-state index contributed by atoms with van der Waals surface area (Å²) >= 11 is 0. The van der Waals surface area contributed by atoms with Crippen LogP contribution in [-0.2, 0) is 0 Å². The highest BCUT2D eigenvalue weighted by atomic mass is 16.5. The van der Waals surface area contributed by atoms with Crippen LogP contribution in [0.4, 0.5) is 5.69 Å². The van der Waals surface area contributed by atoms with Crippen molar-refractivity contribution in [3.8, 4) is 17.2 Å². The number of fused-ring (bicyclic) bond motifs is 1. The van der Waals surface area contributed by atoms with Crippen LogP contribution in [0.15, 0.2) is 41.5 Å². The van der Waals surface area contributed by atoms with E-state index in [0.29, 0.717) is 17.2 Å². The summed E-state index contributed by atoms with van der Waals surface area (Å²) in [6, 6.07) is 9.54. The molecule has 1 aromatic heterocycles. The highest BCUT2D eigenvalue weighted by molar-refractivity contribution is 5.86. The fraction of sp³-hybridized carbons (Fsp3) is 0.176. The lowest BCUT2D eigenvalue weighted by Gasteiger charge is -2.12. The van der Waals surface area contributed by atoms with Gasteiger partial charge < -0.3 is 14.2 Å². The highest BCUT2D eigenvalue weighted by Crippen LogP contribution is 2.37. The predicted molar refractivity (Wildman–Crippen MR) is 89.4 cm³/mol. The number of nitrogens with one attached hydrogen (secondary N) is 1. The summed E-state index contributed by atoms with van der Waals surface area (Å²) in [7, 11) is 4.75. The van der Waals surface area contributed by atoms with Crippen LogP contribution in [0.25, 0.3) is 10.9 Å². The third kappa shape index (κ3) is 2.96. The van der Waals surface area contributed by atoms with E-state index in [1.54, 1.807) is 33.7 Å². The van der Waals surface area contributed by atoms with Crippen LogP contribution in [0, 0.1) is 0 Å². The zero-order chi connectivity index (χ0) is 16.2. The van der Waals surface area contributed by atoms with Gasteiger partial charge in [0.25, 0.3) is 0 Å². The molecule has 6 heteroatoms. The molecule has 1 heterocycles. The smallest absolute Gasteiger partial charge is 0.203 e. The molecule has 0 aliphatic carbocycles. The fourth-order valence-electron chi connectivity index (χ4n) is 2.33. The first-order chi connectivity index (χ1) is 11.2. The van der Waals surface area contributed by atoms with Crippen molar-refractivity contribution in [1.29, 1.82) is 0 Å². The Morgan fingerprint density at radius 2 is 1.74 bits per heavy atom. The minimum atomic E-state index is 0.561. The Kier molecular flexibility index (Phi) is 4.14. The average molecular weight is 311 g/mol. The van der Waals surface area contributed by atoms with E-state index >= 15 is 0 Å². The largest absolute Gasteiger partial charge is 0.493 e. The molecule has 0 atom stereocenters. The van der Waals surface area contributed by atoms with E-state index in [0.717, 1.165) is 22.2 Å². The van der Waals surface area contributed by atoms with Gasteiger partial charge >= 0.3 is 0 Å². The van der Waals surface area contributed by atoms with Crippen LogP contribution >= 0.6 is 0 Å². The van der Waals surface area contributed by atoms with E-state index in [4.69, 9.17) is 14.2 Å². The Bertz CT molecular complexity index is 830. The Hall–Kier alpha value is -3.02. The van der Waals surface area contributed by atoms with Gasteiger partial charge in [0, 0.05) is 17.2 Å². The number of H-pyrrole nitrogens is 1. The molecule has 3 rings (SSSR count). The monoisotopic (exact) mass is 311 g/mol. The average Bonchev–Trinajstić information content (AvgIpc) is 3.06. The van der Waals surface area contributed by atoms with Gasteiger partial charge in [-0.15, -0.1) is 0 Å². The molecule has 0 saturated heterocycles. The Morgan fingerprint density at radius 3 is 2.39 bits per heavy atom. The van der Waals surface area contributed by atoms with Crippen LogP contribution in [0.3, 0.4) is 0 Å². The second kappa shape index (κ2) is 6.39. The van der Waals surface area contributed by atoms with Crippen LogP contribution in [0.5, 0.6) is 17.2 Å². The maximum atomic E-state index is 5.34. The lowest BCUT2D eigenvalue weighted by Crippen LogP contribution is -1.96. The van der Waals surface area contributed by atoms with Crippen LogP contribution in [0.2, 0.25) is 0 Å². The molecule has 6 nitrogen and oxygen atoms in total. The van der Waals surface area contributed by atoms with Gasteiger partial charge in [-0.3, -0.25) is 10.1 Å². The molecule has 1 N–H and O–H groups in total. The number of aromatic amines is 1. The Labute approximate surface area is 133 Å². The zero-order valence-corrected chi connectivity index (χ0v) is 13.2. The summed E-state index contributed by atoms with van der Waals surface area (Å²) < 4.78 is 16.0. The van der Waals surface area contributed by atoms with E-state index in [2.05, 4.69) is 15.2 Å². The first kappa shape index (κ1) is 14.9. The number of methoxy groups -OCH3 is 3. The number of ether oxygens (including phenoxy) is 3. The molecule has 0 unspecified atom stereocenters. The lowest BCUT2D eigenvalue weighted by atomic mass is 10.2. The summed E-state index contributed by atoms with van der Waals surface area (Å²) in [5.41, 5.74) is 2.63. The second-order valence-corrected chi connectivity index (χ2v) is 4.86. The lowest BCUT2D eigenvalue weighted by molar-refractivity contribution is 0.324. The Balaban J connectivity index is 1.94. The summed E-state index contributed by atoms with van der Waals surface area (Å²) in [4.78, 5) is 4.49. The molecule has 0 spiro atoms. The van der Waals surface area contributed by atoms with E-state index in [1.807, 2.05) is 30.3 Å². The molecule has 0 aliphatic rings. The zero-order valence-electron chi connectivity index (χ0n) is 13.2. The quantitative estimate of drug-likeness (QED) is 0.734. The van der Waals surface area contributed by atoms with Gasteiger partial charge in [-0.05, 0) is 30.3 Å². The molecular formula is C17H17N3O3. The van der Waals surface area contributed by atoms with Gasteiger partial charge in [0.15, 0.2) is 11.5 Å². The normalized spacial score (nSPS) is 11.1. The summed E-state index contributed by atoms with van der Waals surface area (Å²) in [6.07, 6.45) is 3.53. The number of hydrogen-bond donors (Lipinski definition) is 1. The van der Waals surface area contributed by atoms with Crippen molar-refractivity contribution in [2.24, 2.45) is 4.99 Å². The third-order valence-corrected chi connectivity index (χ3v) is 3.48. The number of aromatic nitrogens is 2. The molecule has 0 bridgehead atoms. The molecular weight excluding hydrogens is 294 g/mol. The standard InChI is InChI=1S/C17H17N3O3/c1-21-15-6-11(7-16(22-2)17(15)23-3)9-18-13-5-4-12-10-19-20-14(12)8-13/h4-10H,1-3H3,(H,19,20). The molecule has 0 fully saturated rings. The third-order valence-electron chi connectivity index (χ3n) is 3.48. The minimum absolute atomic E-state index is 0.561. The van der Waals surface area contributed by atoms with Crippen molar-refractivity contribution in [2.75, 3.05) is 21.3 Å². The summed E-state index contributed by atoms with van der Waals surface area (Å²) in [5.74, 6) is 1.75. The second-order valence-electron chi connectivity index (χ2n) is 4.86. The molecule has 0 amide bonds. The van der Waals surface area contributed by atoms with E-state index in [-0.39, 0.29) is 0 Å². The molecule has 118 valence electrons. The van der Waals surface area contributed by atoms with Crippen LogP contribution in [-0.4, -0.2) is 37.7 Å². The van der Waals surface area contributed by atoms with Crippen molar-refractivity contribution in [3.63, 3.8) is 0 Å². The molecule has 0 radical (unpaired) electrons. The number of aliphatic imine (C=N–C) groups is 1. The first-order valence-electron chi connectivity index (χ1n) is 7.02. The molecule has 0 aliphatic heterocycles. The number of hydrogen-bond acceptors (Lipinski definition) is 5. The Morgan fingerprint density at radius 1 is 1.00 bits per heavy atom. The molecule has 3 aromatic rings. The molecule has 0 saturated carbocycles. The van der Waals surface area contributed by atoms with E-state index in [9.17, 15) is 0 Å². The van der Waals surface area contributed by atoms with Crippen molar-refractivity contribution < 1.29 is 14.2 Å². The van der Waals surface area contributed by atoms with Gasteiger partial charge in [-0.25, -0.2) is 0 Å². The van der Waals surface area contributed by atoms with Crippen LogP contribution in [0.1, 0.15) is 5.56 Å². The van der Waals surface area contributed by atoms with Crippen molar-refractivity contribution in [1.82, 2.24) is 10.2 Å². The van der Waals surface area contributed by atoms with Crippen molar-refractivity contribution >= 4 is 22.8 Å². The van der Waals surface area contributed by atoms with Crippen molar-refractivity contribution in [3.05, 3.63) is 42.1 Å². The minimum Gasteiger partial charge on any atom is -0.493 e. The SMILES string of the molecule is COc1cc(C=Nc2ccc3cn[nH]c3c2)cc(OC)c1OC. The van der Waals surface area contributed by atoms with Gasteiger partial charge in [0.1, 0.15) is 0 Å². The maximum Gasteiger partial charge on any atom is 0.203 e. The van der Waals surface area contributed by atoms with Gasteiger partial charge in [-0.1, -0.05) is 0 Å². The van der Waals surface area contributed by atoms with Gasteiger partial charge in [-0.2, -0.15) is 5.10 Å². The van der Waals surface area contributed by atoms with Gasteiger partial charge in [0.05, 0.1) is 38.7 Å². The molecule has 2 aromatic carbocycles. The fourth-order valence-corrected chi connectivity index (χ4v) is 2.33. The highest BCUT2D eigenvalue weighted by Gasteiger charge is 2.12. The number of benzene rings is 2. The van der Waals surface area contributed by atoms with Crippen LogP contribution < -0.4 is 14.2 Å². The van der Waals surface area contributed by atoms with E-state index < -0.39 is 0 Å². The number of nitrogens with zero attached hydrogens (tertiary/aromatic N) is 2. The summed E-state index contributed by atoms with van der Waals surface area (Å²) in [6.45, 7) is 0. The first-order valence-corrected chi connectivity index (χ1v) is 7.02. The number of rotatable bonds is 5. The van der Waals surface area contributed by atoms with Crippen molar-refractivity contribution in [2.45, 2.75) is 0 Å². The predicted octanol–water partition coefficient (Wildman–Crippen LogP) is 3.34. The molecule has 23 heavy (non-hydrogen) atoms. The topological polar surface area (TPSA) is 68.7 Å². The van der Waals surface area contributed by atoms with Gasteiger partial charge in [0.2, 0.25) is 5.75 Å². The van der Waals surface area contributed by atoms with E-state index in [1.165, 1.54) is 0 Å². The summed E-state index contributed by atoms with van der Waals surface area (Å²) in [5, 5.41) is 7.98. The maximum absolute atomic E-state index is 5.34.